The maximum atomic E-state index is 13.5. The van der Waals surface area contributed by atoms with Crippen LogP contribution in [0.5, 0.6) is 5.75 Å². The third kappa shape index (κ3) is 6.44. The minimum Gasteiger partial charge on any atom is -0.497 e. The minimum absolute atomic E-state index is 0.0311. The smallest absolute Gasteiger partial charge is 0.258 e. The van der Waals surface area contributed by atoms with Crippen LogP contribution in [0, 0.1) is 11.3 Å². The topological polar surface area (TPSA) is 70.7 Å². The Morgan fingerprint density at radius 2 is 1.74 bits per heavy atom. The number of rotatable bonds is 6. The van der Waals surface area contributed by atoms with Gasteiger partial charge in [0.25, 0.3) is 5.91 Å². The Morgan fingerprint density at radius 3 is 2.37 bits per heavy atom. The van der Waals surface area contributed by atoms with Gasteiger partial charge in [0.2, 0.25) is 5.91 Å². The van der Waals surface area contributed by atoms with Crippen LogP contribution in [-0.2, 0) is 17.6 Å². The van der Waals surface area contributed by atoms with Gasteiger partial charge in [-0.3, -0.25) is 14.5 Å². The van der Waals surface area contributed by atoms with Crippen LogP contribution in [0.1, 0.15) is 73.7 Å². The van der Waals surface area contributed by atoms with Crippen molar-refractivity contribution in [3.05, 3.63) is 40.3 Å². The summed E-state index contributed by atoms with van der Waals surface area (Å²) < 4.78 is 5.23. The first kappa shape index (κ1) is 25.7. The summed E-state index contributed by atoms with van der Waals surface area (Å²) in [7, 11) is 1.62. The number of anilines is 2. The van der Waals surface area contributed by atoms with E-state index in [1.54, 1.807) is 18.4 Å². The minimum atomic E-state index is -0.160. The van der Waals surface area contributed by atoms with Crippen LogP contribution in [0.15, 0.2) is 24.3 Å². The Balaban J connectivity index is 1.57. The van der Waals surface area contributed by atoms with Crippen molar-refractivity contribution in [1.29, 1.82) is 0 Å². The molecule has 7 heteroatoms. The predicted octanol–water partition coefficient (Wildman–Crippen LogP) is 5.97. The second-order valence-electron chi connectivity index (χ2n) is 10.9. The van der Waals surface area contributed by atoms with E-state index in [0.29, 0.717) is 28.7 Å². The van der Waals surface area contributed by atoms with Crippen LogP contribution < -0.4 is 15.4 Å². The summed E-state index contributed by atoms with van der Waals surface area (Å²) in [6.45, 7) is 9.18. The molecular weight excluding hydrogens is 458 g/mol. The quantitative estimate of drug-likeness (QED) is 0.515. The normalized spacial score (nSPS) is 18.9. The molecule has 1 aromatic heterocycles. The first-order chi connectivity index (χ1) is 16.7. The van der Waals surface area contributed by atoms with Gasteiger partial charge >= 0.3 is 0 Å². The molecule has 0 unspecified atom stereocenters. The number of fused-ring (bicyclic) bond motifs is 1. The fourth-order valence-electron chi connectivity index (χ4n) is 5.18. The standard InChI is InChI=1S/C28H39N3O3S/c1-28(2,3)19-9-14-22-23(17-19)35-27(30-24(32)18-31-15-7-5-6-8-16-31)25(22)26(33)29-20-10-12-21(34-4)13-11-20/h10-13,19H,5-9,14-18H2,1-4H3,(H,29,33)(H,30,32)/t19-/m0/s1. The molecule has 6 nitrogen and oxygen atoms in total. The Kier molecular flexibility index (Phi) is 8.17. The summed E-state index contributed by atoms with van der Waals surface area (Å²) in [4.78, 5) is 30.0. The van der Waals surface area contributed by atoms with Crippen LogP contribution in [0.2, 0.25) is 0 Å². The van der Waals surface area contributed by atoms with E-state index in [-0.39, 0.29) is 17.2 Å². The Hall–Kier alpha value is -2.38. The maximum Gasteiger partial charge on any atom is 0.258 e. The number of methoxy groups -OCH3 is 1. The lowest BCUT2D eigenvalue weighted by molar-refractivity contribution is -0.117. The molecule has 4 rings (SSSR count). The first-order valence-corrected chi connectivity index (χ1v) is 13.7. The molecule has 1 saturated heterocycles. The maximum absolute atomic E-state index is 13.5. The molecule has 2 N–H and O–H groups in total. The lowest BCUT2D eigenvalue weighted by atomic mass is 9.72. The van der Waals surface area contributed by atoms with E-state index in [2.05, 4.69) is 36.3 Å². The highest BCUT2D eigenvalue weighted by molar-refractivity contribution is 7.17. The molecule has 2 aromatic rings. The van der Waals surface area contributed by atoms with E-state index in [9.17, 15) is 9.59 Å². The highest BCUT2D eigenvalue weighted by Gasteiger charge is 2.34. The number of thiophene rings is 1. The van der Waals surface area contributed by atoms with Crippen molar-refractivity contribution in [3.8, 4) is 5.75 Å². The predicted molar refractivity (Wildman–Crippen MR) is 144 cm³/mol. The van der Waals surface area contributed by atoms with Gasteiger partial charge in [0.15, 0.2) is 0 Å². The average molecular weight is 498 g/mol. The van der Waals surface area contributed by atoms with Crippen molar-refractivity contribution in [3.63, 3.8) is 0 Å². The Bertz CT molecular complexity index is 1030. The molecule has 2 amide bonds. The molecule has 0 saturated carbocycles. The third-order valence-electron chi connectivity index (χ3n) is 7.38. The van der Waals surface area contributed by atoms with E-state index in [4.69, 9.17) is 4.74 Å². The number of amides is 2. The summed E-state index contributed by atoms with van der Waals surface area (Å²) in [5.74, 6) is 1.11. The first-order valence-electron chi connectivity index (χ1n) is 12.9. The SMILES string of the molecule is COc1ccc(NC(=O)c2c(NC(=O)CN3CCCCCC3)sc3c2CC[C@H](C(C)(C)C)C3)cc1. The monoisotopic (exact) mass is 497 g/mol. The third-order valence-corrected chi connectivity index (χ3v) is 8.55. The number of benzene rings is 1. The number of ether oxygens (including phenoxy) is 1. The van der Waals surface area contributed by atoms with E-state index in [1.165, 1.54) is 17.7 Å². The second-order valence-corrected chi connectivity index (χ2v) is 12.0. The van der Waals surface area contributed by atoms with Crippen LogP contribution in [0.25, 0.3) is 0 Å². The summed E-state index contributed by atoms with van der Waals surface area (Å²) in [6.07, 6.45) is 7.63. The number of likely N-dealkylation sites (tertiary alicyclic amines) is 1. The van der Waals surface area contributed by atoms with Gasteiger partial charge < -0.3 is 15.4 Å². The van der Waals surface area contributed by atoms with E-state index in [0.717, 1.165) is 56.5 Å². The van der Waals surface area contributed by atoms with Gasteiger partial charge in [-0.15, -0.1) is 11.3 Å². The molecule has 190 valence electrons. The van der Waals surface area contributed by atoms with Gasteiger partial charge in [0.05, 0.1) is 19.2 Å². The lowest BCUT2D eigenvalue weighted by Crippen LogP contribution is -2.34. The number of hydrogen-bond donors (Lipinski definition) is 2. The van der Waals surface area contributed by atoms with Crippen molar-refractivity contribution in [2.24, 2.45) is 11.3 Å². The fourth-order valence-corrected chi connectivity index (χ4v) is 6.53. The molecule has 1 atom stereocenters. The van der Waals surface area contributed by atoms with Gasteiger partial charge in [-0.05, 0) is 86.4 Å². The summed E-state index contributed by atoms with van der Waals surface area (Å²) in [5.41, 5.74) is 2.66. The molecule has 1 aromatic carbocycles. The van der Waals surface area contributed by atoms with Crippen molar-refractivity contribution >= 4 is 33.8 Å². The number of nitrogens with zero attached hydrogens (tertiary/aromatic N) is 1. The van der Waals surface area contributed by atoms with Crippen molar-refractivity contribution in [1.82, 2.24) is 4.90 Å². The number of carbonyl (C=O) groups excluding carboxylic acids is 2. The van der Waals surface area contributed by atoms with E-state index < -0.39 is 0 Å². The summed E-state index contributed by atoms with van der Waals surface area (Å²) in [5, 5.41) is 6.86. The molecule has 0 radical (unpaired) electrons. The van der Waals surface area contributed by atoms with Crippen LogP contribution in [0.4, 0.5) is 10.7 Å². The highest BCUT2D eigenvalue weighted by Crippen LogP contribution is 2.44. The largest absolute Gasteiger partial charge is 0.497 e. The van der Waals surface area contributed by atoms with E-state index in [1.807, 2.05) is 24.3 Å². The second kappa shape index (κ2) is 11.1. The molecule has 1 aliphatic heterocycles. The molecule has 1 aliphatic carbocycles. The zero-order valence-corrected chi connectivity index (χ0v) is 22.4. The molecule has 2 heterocycles. The van der Waals surface area contributed by atoms with Gasteiger partial charge in [-0.25, -0.2) is 0 Å². The fraction of sp³-hybridized carbons (Fsp3) is 0.571. The number of nitrogens with one attached hydrogen (secondary N) is 2. The molecule has 1 fully saturated rings. The average Bonchev–Trinajstić information content (AvgIpc) is 2.97. The number of hydrogen-bond acceptors (Lipinski definition) is 5. The highest BCUT2D eigenvalue weighted by atomic mass is 32.1. The van der Waals surface area contributed by atoms with Gasteiger partial charge in [0.1, 0.15) is 10.8 Å². The van der Waals surface area contributed by atoms with Crippen LogP contribution in [-0.4, -0.2) is 43.5 Å². The van der Waals surface area contributed by atoms with Gasteiger partial charge in [-0.1, -0.05) is 33.6 Å². The summed E-state index contributed by atoms with van der Waals surface area (Å²) >= 11 is 1.59. The summed E-state index contributed by atoms with van der Waals surface area (Å²) in [6, 6.07) is 7.33. The molecular formula is C28H39N3O3S. The molecule has 35 heavy (non-hydrogen) atoms. The van der Waals surface area contributed by atoms with Crippen molar-refractivity contribution < 1.29 is 14.3 Å². The Labute approximate surface area is 213 Å². The van der Waals surface area contributed by atoms with E-state index >= 15 is 0 Å². The lowest BCUT2D eigenvalue weighted by Gasteiger charge is -2.33. The van der Waals surface area contributed by atoms with Crippen molar-refractivity contribution in [2.45, 2.75) is 65.7 Å². The van der Waals surface area contributed by atoms with Crippen LogP contribution in [0.3, 0.4) is 0 Å². The zero-order chi connectivity index (χ0) is 25.0. The molecule has 0 bridgehead atoms. The zero-order valence-electron chi connectivity index (χ0n) is 21.5. The van der Waals surface area contributed by atoms with Gasteiger partial charge in [0, 0.05) is 10.6 Å². The molecule has 2 aliphatic rings. The van der Waals surface area contributed by atoms with Gasteiger partial charge in [-0.2, -0.15) is 0 Å². The van der Waals surface area contributed by atoms with Crippen LogP contribution >= 0.6 is 11.3 Å². The van der Waals surface area contributed by atoms with Crippen molar-refractivity contribution in [2.75, 3.05) is 37.4 Å². The number of carbonyl (C=O) groups is 2. The Morgan fingerprint density at radius 1 is 1.06 bits per heavy atom. The molecule has 0 spiro atoms.